The highest BCUT2D eigenvalue weighted by molar-refractivity contribution is 5.69. The maximum absolute atomic E-state index is 12.1. The molecule has 0 aliphatic heterocycles. The summed E-state index contributed by atoms with van der Waals surface area (Å²) in [6.45, 7) is 7.26. The van der Waals surface area contributed by atoms with Crippen molar-refractivity contribution in [2.24, 2.45) is 5.92 Å². The monoisotopic (exact) mass is 488 g/mol. The fourth-order valence-corrected chi connectivity index (χ4v) is 4.98. The molecular formula is C32H56O3. The Labute approximate surface area is 217 Å². The van der Waals surface area contributed by atoms with Crippen molar-refractivity contribution in [3.05, 3.63) is 29.8 Å². The number of unbranched alkanes of at least 4 members (excludes halogenated alkanes) is 11. The molecule has 0 saturated carbocycles. The lowest BCUT2D eigenvalue weighted by Gasteiger charge is -2.18. The lowest BCUT2D eigenvalue weighted by atomic mass is 9.88. The third kappa shape index (κ3) is 16.7. The Balaban J connectivity index is 2.25. The topological polar surface area (TPSA) is 46.5 Å². The van der Waals surface area contributed by atoms with E-state index in [-0.39, 0.29) is 5.97 Å². The molecule has 3 heteroatoms. The van der Waals surface area contributed by atoms with Crippen molar-refractivity contribution in [2.75, 3.05) is 6.61 Å². The molecule has 0 aliphatic carbocycles. The van der Waals surface area contributed by atoms with Crippen molar-refractivity contribution in [2.45, 2.75) is 149 Å². The molecule has 0 bridgehead atoms. The van der Waals surface area contributed by atoms with Gasteiger partial charge in [0.1, 0.15) is 5.75 Å². The number of carbonyl (C=O) groups is 1. The Kier molecular flexibility index (Phi) is 19.6. The Morgan fingerprint density at radius 2 is 1.37 bits per heavy atom. The van der Waals surface area contributed by atoms with Crippen molar-refractivity contribution in [3.63, 3.8) is 0 Å². The minimum atomic E-state index is -0.0210. The Bertz CT molecular complexity index is 627. The lowest BCUT2D eigenvalue weighted by Crippen LogP contribution is -2.13. The average molecular weight is 489 g/mol. The van der Waals surface area contributed by atoms with Crippen molar-refractivity contribution >= 4 is 5.97 Å². The molecule has 3 nitrogen and oxygen atoms in total. The van der Waals surface area contributed by atoms with Gasteiger partial charge in [-0.3, -0.25) is 4.79 Å². The summed E-state index contributed by atoms with van der Waals surface area (Å²) in [5.41, 5.74) is 1.28. The van der Waals surface area contributed by atoms with E-state index in [0.717, 1.165) is 25.7 Å². The molecule has 0 heterocycles. The summed E-state index contributed by atoms with van der Waals surface area (Å²) in [6.07, 6.45) is 22.8. The molecule has 2 atom stereocenters. The fourth-order valence-electron chi connectivity index (χ4n) is 4.98. The third-order valence-corrected chi connectivity index (χ3v) is 7.45. The molecule has 1 N–H and O–H groups in total. The number of ether oxygens (including phenoxy) is 1. The van der Waals surface area contributed by atoms with E-state index < -0.39 is 0 Å². The van der Waals surface area contributed by atoms with E-state index in [0.29, 0.717) is 30.6 Å². The van der Waals surface area contributed by atoms with Crippen LogP contribution in [0.3, 0.4) is 0 Å². The van der Waals surface area contributed by atoms with Crippen LogP contribution < -0.4 is 0 Å². The summed E-state index contributed by atoms with van der Waals surface area (Å²) in [5, 5.41) is 9.96. The van der Waals surface area contributed by atoms with Crippen LogP contribution in [0.25, 0.3) is 0 Å². The van der Waals surface area contributed by atoms with Crippen LogP contribution in [0.15, 0.2) is 24.3 Å². The van der Waals surface area contributed by atoms with Crippen LogP contribution in [-0.4, -0.2) is 17.7 Å². The summed E-state index contributed by atoms with van der Waals surface area (Å²) < 4.78 is 5.53. The molecule has 1 aromatic carbocycles. The SMILES string of the molecule is CCCCCCCCCCC(CCCCCCC(=O)OCC(CC)CCCC)c1cccc(O)c1. The van der Waals surface area contributed by atoms with Crippen molar-refractivity contribution in [1.29, 1.82) is 0 Å². The highest BCUT2D eigenvalue weighted by Gasteiger charge is 2.13. The van der Waals surface area contributed by atoms with Crippen LogP contribution in [0.5, 0.6) is 5.75 Å². The molecule has 0 amide bonds. The molecule has 1 aromatic rings. The van der Waals surface area contributed by atoms with Gasteiger partial charge >= 0.3 is 5.97 Å². The van der Waals surface area contributed by atoms with Crippen LogP contribution >= 0.6 is 0 Å². The van der Waals surface area contributed by atoms with Crippen LogP contribution in [0, 0.1) is 5.92 Å². The largest absolute Gasteiger partial charge is 0.508 e. The number of phenols is 1. The van der Waals surface area contributed by atoms with E-state index in [1.807, 2.05) is 12.1 Å². The van der Waals surface area contributed by atoms with Crippen molar-refractivity contribution in [3.8, 4) is 5.75 Å². The van der Waals surface area contributed by atoms with Crippen LogP contribution in [0.4, 0.5) is 0 Å². The molecular weight excluding hydrogens is 432 g/mol. The van der Waals surface area contributed by atoms with E-state index in [4.69, 9.17) is 4.74 Å². The second-order valence-electron chi connectivity index (χ2n) is 10.6. The lowest BCUT2D eigenvalue weighted by molar-refractivity contribution is -0.145. The van der Waals surface area contributed by atoms with Gasteiger partial charge in [0.2, 0.25) is 0 Å². The van der Waals surface area contributed by atoms with Gasteiger partial charge in [-0.2, -0.15) is 0 Å². The first-order chi connectivity index (χ1) is 17.1. The molecule has 0 radical (unpaired) electrons. The fraction of sp³-hybridized carbons (Fsp3) is 0.781. The molecule has 0 fully saturated rings. The van der Waals surface area contributed by atoms with E-state index in [1.165, 1.54) is 95.5 Å². The zero-order chi connectivity index (χ0) is 25.6. The number of phenolic OH excluding ortho intramolecular Hbond substituents is 1. The Hall–Kier alpha value is -1.51. The number of rotatable bonds is 23. The number of aromatic hydroxyl groups is 1. The number of benzene rings is 1. The summed E-state index contributed by atoms with van der Waals surface area (Å²) in [4.78, 5) is 12.1. The zero-order valence-electron chi connectivity index (χ0n) is 23.4. The second-order valence-corrected chi connectivity index (χ2v) is 10.6. The van der Waals surface area contributed by atoms with Gasteiger partial charge in [-0.1, -0.05) is 123 Å². The summed E-state index contributed by atoms with van der Waals surface area (Å²) in [5.74, 6) is 1.41. The first-order valence-electron chi connectivity index (χ1n) is 15.0. The smallest absolute Gasteiger partial charge is 0.305 e. The highest BCUT2D eigenvalue weighted by atomic mass is 16.5. The Morgan fingerprint density at radius 3 is 1.97 bits per heavy atom. The zero-order valence-corrected chi connectivity index (χ0v) is 23.4. The minimum Gasteiger partial charge on any atom is -0.508 e. The van der Waals surface area contributed by atoms with Gasteiger partial charge in [-0.15, -0.1) is 0 Å². The number of hydrogen-bond acceptors (Lipinski definition) is 3. The molecule has 0 aromatic heterocycles. The summed E-state index contributed by atoms with van der Waals surface area (Å²) in [6, 6.07) is 7.87. The predicted molar refractivity (Wildman–Crippen MR) is 150 cm³/mol. The number of esters is 1. The van der Waals surface area contributed by atoms with Gasteiger partial charge in [0.25, 0.3) is 0 Å². The average Bonchev–Trinajstić information content (AvgIpc) is 2.86. The Morgan fingerprint density at radius 1 is 0.771 bits per heavy atom. The van der Waals surface area contributed by atoms with Gasteiger partial charge in [0.05, 0.1) is 6.61 Å². The van der Waals surface area contributed by atoms with Crippen molar-refractivity contribution in [1.82, 2.24) is 0 Å². The standard InChI is InChI=1S/C32H56O3/c1-4-7-9-10-11-12-13-16-21-29(30-23-19-24-31(33)26-30)22-17-14-15-18-25-32(34)35-27-28(6-3)20-8-5-2/h19,23-24,26,28-29,33H,4-18,20-22,25,27H2,1-3H3. The van der Waals surface area contributed by atoms with E-state index in [1.54, 1.807) is 6.07 Å². The van der Waals surface area contributed by atoms with Crippen molar-refractivity contribution < 1.29 is 14.6 Å². The highest BCUT2D eigenvalue weighted by Crippen LogP contribution is 2.30. The second kappa shape index (κ2) is 21.7. The van der Waals surface area contributed by atoms with Crippen LogP contribution in [0.2, 0.25) is 0 Å². The quantitative estimate of drug-likeness (QED) is 0.123. The van der Waals surface area contributed by atoms with Gasteiger partial charge in [-0.25, -0.2) is 0 Å². The molecule has 202 valence electrons. The van der Waals surface area contributed by atoms with E-state index >= 15 is 0 Å². The van der Waals surface area contributed by atoms with E-state index in [2.05, 4.69) is 26.8 Å². The molecule has 0 spiro atoms. The van der Waals surface area contributed by atoms with Gasteiger partial charge in [-0.05, 0) is 55.2 Å². The normalized spacial score (nSPS) is 13.0. The maximum atomic E-state index is 12.1. The first kappa shape index (κ1) is 31.5. The maximum Gasteiger partial charge on any atom is 0.305 e. The first-order valence-corrected chi connectivity index (χ1v) is 15.0. The molecule has 1 rings (SSSR count). The van der Waals surface area contributed by atoms with E-state index in [9.17, 15) is 9.90 Å². The van der Waals surface area contributed by atoms with Crippen LogP contribution in [0.1, 0.15) is 154 Å². The summed E-state index contributed by atoms with van der Waals surface area (Å²) in [7, 11) is 0. The van der Waals surface area contributed by atoms with Crippen LogP contribution in [-0.2, 0) is 9.53 Å². The summed E-state index contributed by atoms with van der Waals surface area (Å²) >= 11 is 0. The van der Waals surface area contributed by atoms with Gasteiger partial charge in [0, 0.05) is 6.42 Å². The molecule has 35 heavy (non-hydrogen) atoms. The minimum absolute atomic E-state index is 0.0210. The third-order valence-electron chi connectivity index (χ3n) is 7.45. The number of carbonyl (C=O) groups excluding carboxylic acids is 1. The predicted octanol–water partition coefficient (Wildman–Crippen LogP) is 10.1. The molecule has 0 aliphatic rings. The number of hydrogen-bond donors (Lipinski definition) is 1. The molecule has 0 saturated heterocycles. The van der Waals surface area contributed by atoms with Gasteiger partial charge in [0.15, 0.2) is 0 Å². The van der Waals surface area contributed by atoms with Gasteiger partial charge < -0.3 is 9.84 Å². The molecule has 2 unspecified atom stereocenters.